The maximum Gasteiger partial charge on any atom is 0.234 e. The van der Waals surface area contributed by atoms with E-state index in [2.05, 4.69) is 0 Å². The molecule has 1 amide bonds. The van der Waals surface area contributed by atoms with Gasteiger partial charge in [-0.25, -0.2) is 0 Å². The molecule has 1 atom stereocenters. The molecule has 21 heavy (non-hydrogen) atoms. The first-order valence-corrected chi connectivity index (χ1v) is 8.04. The third kappa shape index (κ3) is 2.76. The van der Waals surface area contributed by atoms with Crippen molar-refractivity contribution >= 4 is 29.0 Å². The summed E-state index contributed by atoms with van der Waals surface area (Å²) in [6, 6.07) is 15.7. The summed E-state index contributed by atoms with van der Waals surface area (Å²) in [5, 5.41) is 0. The van der Waals surface area contributed by atoms with Gasteiger partial charge in [0.25, 0.3) is 0 Å². The number of amides is 1. The molecule has 0 spiro atoms. The Kier molecular flexibility index (Phi) is 3.88. The van der Waals surface area contributed by atoms with Gasteiger partial charge < -0.3 is 10.6 Å². The highest BCUT2D eigenvalue weighted by Crippen LogP contribution is 2.37. The van der Waals surface area contributed by atoms with Crippen LogP contribution in [0.1, 0.15) is 18.4 Å². The van der Waals surface area contributed by atoms with Gasteiger partial charge in [-0.15, -0.1) is 11.8 Å². The molecule has 2 aromatic rings. The number of carbonyl (C=O) groups is 1. The largest absolute Gasteiger partial charge is 0.399 e. The van der Waals surface area contributed by atoms with E-state index in [1.165, 1.54) is 0 Å². The third-order valence-corrected chi connectivity index (χ3v) is 4.83. The van der Waals surface area contributed by atoms with E-state index in [-0.39, 0.29) is 11.8 Å². The maximum atomic E-state index is 12.8. The second-order valence-corrected chi connectivity index (χ2v) is 6.33. The van der Waals surface area contributed by atoms with Crippen LogP contribution < -0.4 is 10.6 Å². The minimum atomic E-state index is -0.149. The Bertz CT molecular complexity index is 657. The van der Waals surface area contributed by atoms with Crippen molar-refractivity contribution in [3.05, 3.63) is 54.1 Å². The number of benzene rings is 2. The van der Waals surface area contributed by atoms with Crippen LogP contribution in [0.25, 0.3) is 0 Å². The number of anilines is 2. The standard InChI is InChI=1S/C17H18N2OS/c1-12(13-5-3-2-4-6-13)17(20)19-9-10-21-16-8-7-14(18)11-15(16)19/h2-8,11-12H,9-10,18H2,1H3. The lowest BCUT2D eigenvalue weighted by atomic mass is 9.99. The zero-order valence-electron chi connectivity index (χ0n) is 12.0. The SMILES string of the molecule is CC(C(=O)N1CCSc2ccc(N)cc21)c1ccccc1. The van der Waals surface area contributed by atoms with E-state index in [9.17, 15) is 4.79 Å². The Morgan fingerprint density at radius 3 is 2.76 bits per heavy atom. The number of nitrogens with zero attached hydrogens (tertiary/aromatic N) is 1. The van der Waals surface area contributed by atoms with Crippen LogP contribution in [0.2, 0.25) is 0 Å². The molecule has 0 bridgehead atoms. The number of hydrogen-bond donors (Lipinski definition) is 1. The van der Waals surface area contributed by atoms with Crippen molar-refractivity contribution in [3.63, 3.8) is 0 Å². The summed E-state index contributed by atoms with van der Waals surface area (Å²) < 4.78 is 0. The molecule has 2 aromatic carbocycles. The Labute approximate surface area is 129 Å². The van der Waals surface area contributed by atoms with Crippen molar-refractivity contribution in [3.8, 4) is 0 Å². The maximum absolute atomic E-state index is 12.8. The first kappa shape index (κ1) is 14.0. The number of nitrogens with two attached hydrogens (primary N) is 1. The fourth-order valence-corrected chi connectivity index (χ4v) is 3.56. The first-order chi connectivity index (χ1) is 10.2. The van der Waals surface area contributed by atoms with Crippen LogP contribution in [0.4, 0.5) is 11.4 Å². The second kappa shape index (κ2) is 5.82. The normalized spacial score (nSPS) is 15.4. The van der Waals surface area contributed by atoms with Gasteiger partial charge in [-0.3, -0.25) is 4.79 Å². The summed E-state index contributed by atoms with van der Waals surface area (Å²) in [6.45, 7) is 2.70. The molecule has 0 saturated heterocycles. The molecule has 3 rings (SSSR count). The average molecular weight is 298 g/mol. The van der Waals surface area contributed by atoms with Crippen molar-refractivity contribution < 1.29 is 4.79 Å². The number of nitrogen functional groups attached to an aromatic ring is 1. The van der Waals surface area contributed by atoms with E-state index in [4.69, 9.17) is 5.73 Å². The summed E-state index contributed by atoms with van der Waals surface area (Å²) in [4.78, 5) is 15.9. The summed E-state index contributed by atoms with van der Waals surface area (Å²) in [5.41, 5.74) is 8.57. The van der Waals surface area contributed by atoms with E-state index in [0.717, 1.165) is 28.4 Å². The average Bonchev–Trinajstić information content (AvgIpc) is 2.53. The summed E-state index contributed by atoms with van der Waals surface area (Å²) in [6.07, 6.45) is 0. The molecular formula is C17H18N2OS. The van der Waals surface area contributed by atoms with Gasteiger partial charge in [0.05, 0.1) is 11.6 Å². The molecule has 0 aromatic heterocycles. The molecule has 1 heterocycles. The molecule has 1 aliphatic heterocycles. The predicted molar refractivity (Wildman–Crippen MR) is 88.8 cm³/mol. The van der Waals surface area contributed by atoms with Crippen LogP contribution in [-0.2, 0) is 4.79 Å². The highest BCUT2D eigenvalue weighted by molar-refractivity contribution is 7.99. The number of carbonyl (C=O) groups excluding carboxylic acids is 1. The molecule has 0 aliphatic carbocycles. The van der Waals surface area contributed by atoms with Crippen molar-refractivity contribution in [1.29, 1.82) is 0 Å². The second-order valence-electron chi connectivity index (χ2n) is 5.20. The topological polar surface area (TPSA) is 46.3 Å². The number of fused-ring (bicyclic) bond motifs is 1. The highest BCUT2D eigenvalue weighted by atomic mass is 32.2. The van der Waals surface area contributed by atoms with Gasteiger partial charge in [0.1, 0.15) is 0 Å². The van der Waals surface area contributed by atoms with E-state index in [1.807, 2.05) is 60.4 Å². The lowest BCUT2D eigenvalue weighted by Crippen LogP contribution is -2.38. The van der Waals surface area contributed by atoms with Gasteiger partial charge in [0.15, 0.2) is 0 Å². The Morgan fingerprint density at radius 2 is 2.00 bits per heavy atom. The van der Waals surface area contributed by atoms with Gasteiger partial charge in [-0.1, -0.05) is 30.3 Å². The van der Waals surface area contributed by atoms with Crippen molar-refractivity contribution in [2.24, 2.45) is 0 Å². The monoisotopic (exact) mass is 298 g/mol. The first-order valence-electron chi connectivity index (χ1n) is 7.05. The predicted octanol–water partition coefficient (Wildman–Crippen LogP) is 3.51. The molecule has 1 unspecified atom stereocenters. The van der Waals surface area contributed by atoms with Gasteiger partial charge in [-0.2, -0.15) is 0 Å². The zero-order chi connectivity index (χ0) is 14.8. The van der Waals surface area contributed by atoms with E-state index < -0.39 is 0 Å². The minimum absolute atomic E-state index is 0.133. The fraction of sp³-hybridized carbons (Fsp3) is 0.235. The van der Waals surface area contributed by atoms with Gasteiger partial charge >= 0.3 is 0 Å². The van der Waals surface area contributed by atoms with E-state index in [0.29, 0.717) is 5.69 Å². The van der Waals surface area contributed by atoms with Crippen LogP contribution in [0.5, 0.6) is 0 Å². The van der Waals surface area contributed by atoms with Crippen molar-refractivity contribution in [2.75, 3.05) is 22.9 Å². The Hall–Kier alpha value is -1.94. The number of hydrogen-bond acceptors (Lipinski definition) is 3. The van der Waals surface area contributed by atoms with Crippen LogP contribution in [0.15, 0.2) is 53.4 Å². The quantitative estimate of drug-likeness (QED) is 0.863. The van der Waals surface area contributed by atoms with Crippen LogP contribution in [0, 0.1) is 0 Å². The lowest BCUT2D eigenvalue weighted by molar-refractivity contribution is -0.119. The summed E-state index contributed by atoms with van der Waals surface area (Å²) in [7, 11) is 0. The molecule has 108 valence electrons. The number of thioether (sulfide) groups is 1. The van der Waals surface area contributed by atoms with Crippen molar-refractivity contribution in [2.45, 2.75) is 17.7 Å². The van der Waals surface area contributed by atoms with Crippen LogP contribution in [-0.4, -0.2) is 18.2 Å². The smallest absolute Gasteiger partial charge is 0.234 e. The molecule has 0 saturated carbocycles. The van der Waals surface area contributed by atoms with Crippen LogP contribution >= 0.6 is 11.8 Å². The third-order valence-electron chi connectivity index (χ3n) is 3.78. The lowest BCUT2D eigenvalue weighted by Gasteiger charge is -2.31. The zero-order valence-corrected chi connectivity index (χ0v) is 12.8. The van der Waals surface area contributed by atoms with Gasteiger partial charge in [0.2, 0.25) is 5.91 Å². The Morgan fingerprint density at radius 1 is 1.24 bits per heavy atom. The van der Waals surface area contributed by atoms with Gasteiger partial charge in [0, 0.05) is 22.9 Å². The fourth-order valence-electron chi connectivity index (χ4n) is 2.58. The molecule has 2 N–H and O–H groups in total. The molecule has 0 fully saturated rings. The van der Waals surface area contributed by atoms with Gasteiger partial charge in [-0.05, 0) is 30.7 Å². The highest BCUT2D eigenvalue weighted by Gasteiger charge is 2.27. The molecular weight excluding hydrogens is 280 g/mol. The summed E-state index contributed by atoms with van der Waals surface area (Å²) >= 11 is 1.78. The number of rotatable bonds is 2. The van der Waals surface area contributed by atoms with Crippen molar-refractivity contribution in [1.82, 2.24) is 0 Å². The molecule has 4 heteroatoms. The molecule has 3 nitrogen and oxygen atoms in total. The summed E-state index contributed by atoms with van der Waals surface area (Å²) in [5.74, 6) is 0.904. The van der Waals surface area contributed by atoms with Crippen LogP contribution in [0.3, 0.4) is 0 Å². The Balaban J connectivity index is 1.91. The molecule has 1 aliphatic rings. The molecule has 0 radical (unpaired) electrons. The van der Waals surface area contributed by atoms with E-state index >= 15 is 0 Å². The van der Waals surface area contributed by atoms with E-state index in [1.54, 1.807) is 11.8 Å². The minimum Gasteiger partial charge on any atom is -0.399 e.